The fourth-order valence-electron chi connectivity index (χ4n) is 3.28. The predicted octanol–water partition coefficient (Wildman–Crippen LogP) is 4.23. The monoisotopic (exact) mass is 256 g/mol. The van der Waals surface area contributed by atoms with Crippen LogP contribution in [0.5, 0.6) is 0 Å². The lowest BCUT2D eigenvalue weighted by molar-refractivity contribution is 0.280. The van der Waals surface area contributed by atoms with E-state index in [1.807, 2.05) is 6.20 Å². The molecule has 1 aromatic heterocycles. The zero-order chi connectivity index (χ0) is 13.1. The smallest absolute Gasteiger partial charge is 0.0457 e. The Morgan fingerprint density at radius 2 is 2.05 bits per heavy atom. The first kappa shape index (κ1) is 12.7. The molecule has 0 spiro atoms. The van der Waals surface area contributed by atoms with E-state index in [1.54, 1.807) is 0 Å². The molecule has 2 heteroatoms. The van der Waals surface area contributed by atoms with Crippen molar-refractivity contribution in [2.75, 3.05) is 0 Å². The number of aromatic amines is 1. The molecule has 1 aliphatic carbocycles. The molecular weight excluding hydrogens is 232 g/mol. The van der Waals surface area contributed by atoms with Gasteiger partial charge >= 0.3 is 0 Å². The second kappa shape index (κ2) is 5.79. The van der Waals surface area contributed by atoms with Crippen LogP contribution in [0.2, 0.25) is 0 Å². The molecule has 0 bridgehead atoms. The minimum atomic E-state index is 0.639. The van der Waals surface area contributed by atoms with Crippen molar-refractivity contribution in [3.05, 3.63) is 36.0 Å². The van der Waals surface area contributed by atoms with Gasteiger partial charge in [0.25, 0.3) is 0 Å². The van der Waals surface area contributed by atoms with Gasteiger partial charge in [-0.05, 0) is 48.8 Å². The van der Waals surface area contributed by atoms with Gasteiger partial charge in [0.15, 0.2) is 0 Å². The van der Waals surface area contributed by atoms with Crippen LogP contribution in [0.25, 0.3) is 10.9 Å². The van der Waals surface area contributed by atoms with Gasteiger partial charge in [0.05, 0.1) is 0 Å². The summed E-state index contributed by atoms with van der Waals surface area (Å²) in [5.74, 6) is 0.878. The van der Waals surface area contributed by atoms with Gasteiger partial charge in [-0.2, -0.15) is 0 Å². The Morgan fingerprint density at radius 3 is 2.89 bits per heavy atom. The average Bonchev–Trinajstić information content (AvgIpc) is 2.93. The van der Waals surface area contributed by atoms with E-state index in [1.165, 1.54) is 48.6 Å². The SMILES string of the molecule is C[C@@H](NCc1ccc2cc[nH]c2c1)C1CCCCC1. The van der Waals surface area contributed by atoms with E-state index < -0.39 is 0 Å². The van der Waals surface area contributed by atoms with Crippen molar-refractivity contribution in [3.63, 3.8) is 0 Å². The maximum atomic E-state index is 3.71. The Morgan fingerprint density at radius 1 is 1.21 bits per heavy atom. The van der Waals surface area contributed by atoms with Crippen LogP contribution in [0.15, 0.2) is 30.5 Å². The molecule has 3 rings (SSSR count). The van der Waals surface area contributed by atoms with Crippen molar-refractivity contribution in [2.45, 2.75) is 51.6 Å². The number of hydrogen-bond acceptors (Lipinski definition) is 1. The summed E-state index contributed by atoms with van der Waals surface area (Å²) in [6.45, 7) is 3.33. The molecule has 0 radical (unpaired) electrons. The Labute approximate surface area is 115 Å². The van der Waals surface area contributed by atoms with Crippen LogP contribution < -0.4 is 5.32 Å². The number of hydrogen-bond donors (Lipinski definition) is 2. The Kier molecular flexibility index (Phi) is 3.88. The van der Waals surface area contributed by atoms with Crippen molar-refractivity contribution in [2.24, 2.45) is 5.92 Å². The molecular formula is C17H24N2. The summed E-state index contributed by atoms with van der Waals surface area (Å²) in [4.78, 5) is 3.28. The molecule has 0 aliphatic heterocycles. The number of H-pyrrole nitrogens is 1. The maximum Gasteiger partial charge on any atom is 0.0457 e. The summed E-state index contributed by atoms with van der Waals surface area (Å²) < 4.78 is 0. The third-order valence-electron chi connectivity index (χ3n) is 4.60. The van der Waals surface area contributed by atoms with E-state index in [-0.39, 0.29) is 0 Å². The van der Waals surface area contributed by atoms with Crippen LogP contribution in [-0.4, -0.2) is 11.0 Å². The van der Waals surface area contributed by atoms with Gasteiger partial charge in [0, 0.05) is 24.3 Å². The highest BCUT2D eigenvalue weighted by Crippen LogP contribution is 2.26. The first-order chi connectivity index (χ1) is 9.33. The Hall–Kier alpha value is -1.28. The Bertz CT molecular complexity index is 523. The summed E-state index contributed by atoms with van der Waals surface area (Å²) in [6, 6.07) is 9.46. The molecule has 19 heavy (non-hydrogen) atoms. The Balaban J connectivity index is 1.58. The molecule has 1 aromatic carbocycles. The lowest BCUT2D eigenvalue weighted by Gasteiger charge is -2.28. The van der Waals surface area contributed by atoms with Crippen LogP contribution in [-0.2, 0) is 6.54 Å². The molecule has 2 nitrogen and oxygen atoms in total. The standard InChI is InChI=1S/C17H24N2/c1-13(15-5-3-2-4-6-15)19-12-14-7-8-16-9-10-18-17(16)11-14/h7-11,13,15,18-19H,2-6,12H2,1H3/t13-/m1/s1. The number of rotatable bonds is 4. The molecule has 0 unspecified atom stereocenters. The molecule has 0 amide bonds. The van der Waals surface area contributed by atoms with Crippen molar-refractivity contribution < 1.29 is 0 Å². The minimum Gasteiger partial charge on any atom is -0.361 e. The van der Waals surface area contributed by atoms with Gasteiger partial charge in [0.1, 0.15) is 0 Å². The fourth-order valence-corrected chi connectivity index (χ4v) is 3.28. The quantitative estimate of drug-likeness (QED) is 0.842. The first-order valence-electron chi connectivity index (χ1n) is 7.62. The number of nitrogens with one attached hydrogen (secondary N) is 2. The summed E-state index contributed by atoms with van der Waals surface area (Å²) in [5.41, 5.74) is 2.61. The molecule has 2 N–H and O–H groups in total. The number of aromatic nitrogens is 1. The highest BCUT2D eigenvalue weighted by molar-refractivity contribution is 5.79. The molecule has 1 fully saturated rings. The summed E-state index contributed by atoms with van der Waals surface area (Å²) in [5, 5.41) is 5.01. The van der Waals surface area contributed by atoms with Crippen molar-refractivity contribution in [1.82, 2.24) is 10.3 Å². The van der Waals surface area contributed by atoms with Crippen LogP contribution in [0.4, 0.5) is 0 Å². The molecule has 1 heterocycles. The highest BCUT2D eigenvalue weighted by Gasteiger charge is 2.19. The average molecular weight is 256 g/mol. The predicted molar refractivity (Wildman–Crippen MR) is 81.2 cm³/mol. The molecule has 1 aliphatic rings. The normalized spacial score (nSPS) is 18.8. The van der Waals surface area contributed by atoms with Crippen LogP contribution in [0.3, 0.4) is 0 Å². The third-order valence-corrected chi connectivity index (χ3v) is 4.60. The molecule has 1 atom stereocenters. The first-order valence-corrected chi connectivity index (χ1v) is 7.62. The second-order valence-corrected chi connectivity index (χ2v) is 5.97. The zero-order valence-corrected chi connectivity index (χ0v) is 11.8. The summed E-state index contributed by atoms with van der Waals surface area (Å²) >= 11 is 0. The molecule has 102 valence electrons. The van der Waals surface area contributed by atoms with E-state index in [0.29, 0.717) is 6.04 Å². The van der Waals surface area contributed by atoms with Crippen molar-refractivity contribution in [1.29, 1.82) is 0 Å². The van der Waals surface area contributed by atoms with Crippen LogP contribution >= 0.6 is 0 Å². The molecule has 1 saturated carbocycles. The van der Waals surface area contributed by atoms with E-state index in [2.05, 4.69) is 41.5 Å². The van der Waals surface area contributed by atoms with Crippen molar-refractivity contribution >= 4 is 10.9 Å². The zero-order valence-electron chi connectivity index (χ0n) is 11.8. The largest absolute Gasteiger partial charge is 0.361 e. The van der Waals surface area contributed by atoms with Gasteiger partial charge < -0.3 is 10.3 Å². The van der Waals surface area contributed by atoms with Gasteiger partial charge in [-0.3, -0.25) is 0 Å². The van der Waals surface area contributed by atoms with Gasteiger partial charge in [-0.15, -0.1) is 0 Å². The summed E-state index contributed by atoms with van der Waals surface area (Å²) in [7, 11) is 0. The van der Waals surface area contributed by atoms with Crippen LogP contribution in [0.1, 0.15) is 44.6 Å². The molecule has 0 saturated heterocycles. The topological polar surface area (TPSA) is 27.8 Å². The van der Waals surface area contributed by atoms with Gasteiger partial charge in [0.2, 0.25) is 0 Å². The maximum absolute atomic E-state index is 3.71. The fraction of sp³-hybridized carbons (Fsp3) is 0.529. The summed E-state index contributed by atoms with van der Waals surface area (Å²) in [6.07, 6.45) is 9.10. The van der Waals surface area contributed by atoms with Gasteiger partial charge in [-0.25, -0.2) is 0 Å². The van der Waals surface area contributed by atoms with E-state index in [0.717, 1.165) is 12.5 Å². The molecule has 2 aromatic rings. The highest BCUT2D eigenvalue weighted by atomic mass is 14.9. The van der Waals surface area contributed by atoms with E-state index in [9.17, 15) is 0 Å². The third kappa shape index (κ3) is 3.01. The van der Waals surface area contributed by atoms with Crippen molar-refractivity contribution in [3.8, 4) is 0 Å². The van der Waals surface area contributed by atoms with E-state index in [4.69, 9.17) is 0 Å². The lowest BCUT2D eigenvalue weighted by Crippen LogP contribution is -2.34. The minimum absolute atomic E-state index is 0.639. The van der Waals surface area contributed by atoms with Gasteiger partial charge in [-0.1, -0.05) is 31.4 Å². The number of benzene rings is 1. The van der Waals surface area contributed by atoms with E-state index >= 15 is 0 Å². The second-order valence-electron chi connectivity index (χ2n) is 5.97. The lowest BCUT2D eigenvalue weighted by atomic mass is 9.84. The van der Waals surface area contributed by atoms with Crippen LogP contribution in [0, 0.1) is 5.92 Å². The number of fused-ring (bicyclic) bond motifs is 1.